The van der Waals surface area contributed by atoms with Crippen molar-refractivity contribution in [2.75, 3.05) is 0 Å². The standard InChI is InChI=1S/C4H6O4.Na.7H2O.H/c5-3(6)1-2-4(7)8;;;;;;;;;/h1-2H2,(H,5,6)(H,7,8);;7*1H2;/q;+1;;;;;;;;-1. The van der Waals surface area contributed by atoms with E-state index in [9.17, 15) is 9.59 Å². The fourth-order valence-electron chi connectivity index (χ4n) is 0.214. The van der Waals surface area contributed by atoms with E-state index in [4.69, 9.17) is 10.2 Å². The zero-order chi connectivity index (χ0) is 6.57. The van der Waals surface area contributed by atoms with Gasteiger partial charge in [0.1, 0.15) is 0 Å². The molecule has 104 valence electrons. The smallest absolute Gasteiger partial charge is 1.00 e. The topological polar surface area (TPSA) is 295 Å². The van der Waals surface area contributed by atoms with Crippen LogP contribution in [0.25, 0.3) is 0 Å². The summed E-state index contributed by atoms with van der Waals surface area (Å²) in [4.78, 5) is 19.3. The molecule has 12 heteroatoms. The third-order valence-corrected chi connectivity index (χ3v) is 0.553. The molecule has 0 aliphatic rings. The van der Waals surface area contributed by atoms with Crippen molar-refractivity contribution in [2.24, 2.45) is 0 Å². The van der Waals surface area contributed by atoms with Gasteiger partial charge in [0.15, 0.2) is 0 Å². The van der Waals surface area contributed by atoms with E-state index in [1.165, 1.54) is 0 Å². The van der Waals surface area contributed by atoms with Crippen LogP contribution in [-0.4, -0.2) is 60.5 Å². The summed E-state index contributed by atoms with van der Waals surface area (Å²) >= 11 is 0. The average molecular weight is 268 g/mol. The van der Waals surface area contributed by atoms with Gasteiger partial charge in [-0.2, -0.15) is 0 Å². The maximum Gasteiger partial charge on any atom is 1.00 e. The third kappa shape index (κ3) is 101. The Balaban J connectivity index is -0.00000000681. The Kier molecular flexibility index (Phi) is 221. The molecule has 0 saturated heterocycles. The number of carboxylic acids is 2. The predicted molar refractivity (Wildman–Crippen MR) is 50.9 cm³/mol. The average Bonchev–Trinajstić information content (AvgIpc) is 1.61. The summed E-state index contributed by atoms with van der Waals surface area (Å²) in [5.41, 5.74) is 0. The molecule has 16 N–H and O–H groups in total. The largest absolute Gasteiger partial charge is 1.00 e. The van der Waals surface area contributed by atoms with E-state index in [-0.39, 0.29) is 82.2 Å². The number of hydrogen-bond acceptors (Lipinski definition) is 2. The molecule has 0 atom stereocenters. The Hall–Kier alpha value is -0.340. The van der Waals surface area contributed by atoms with E-state index in [0.29, 0.717) is 0 Å². The quantitative estimate of drug-likeness (QED) is 0.470. The van der Waals surface area contributed by atoms with Crippen molar-refractivity contribution in [3.05, 3.63) is 0 Å². The van der Waals surface area contributed by atoms with Crippen molar-refractivity contribution in [1.29, 1.82) is 0 Å². The second-order valence-electron chi connectivity index (χ2n) is 1.29. The summed E-state index contributed by atoms with van der Waals surface area (Å²) in [5, 5.41) is 15.8. The van der Waals surface area contributed by atoms with E-state index in [2.05, 4.69) is 0 Å². The molecule has 0 amide bonds. The van der Waals surface area contributed by atoms with Gasteiger partial charge in [0.25, 0.3) is 0 Å². The van der Waals surface area contributed by atoms with Crippen LogP contribution >= 0.6 is 0 Å². The second kappa shape index (κ2) is 46.6. The van der Waals surface area contributed by atoms with E-state index < -0.39 is 11.9 Å². The Morgan fingerprint density at radius 1 is 0.688 bits per heavy atom. The van der Waals surface area contributed by atoms with Crippen molar-refractivity contribution < 1.29 is 89.1 Å². The summed E-state index contributed by atoms with van der Waals surface area (Å²) in [6.45, 7) is 0. The summed E-state index contributed by atoms with van der Waals surface area (Å²) in [6.07, 6.45) is -0.593. The Morgan fingerprint density at radius 2 is 0.812 bits per heavy atom. The summed E-state index contributed by atoms with van der Waals surface area (Å²) in [7, 11) is 0. The SMILES string of the molecule is O.O.O.O.O.O.O.O=C(O)CCC(=O)O.[H-].[Na+]. The van der Waals surface area contributed by atoms with Crippen molar-refractivity contribution in [3.63, 3.8) is 0 Å². The van der Waals surface area contributed by atoms with Crippen LogP contribution in [0.2, 0.25) is 0 Å². The second-order valence-corrected chi connectivity index (χ2v) is 1.29. The molecule has 0 bridgehead atoms. The molecule has 0 heterocycles. The molecule has 0 spiro atoms. The molecule has 11 nitrogen and oxygen atoms in total. The number of hydrogen-bond donors (Lipinski definition) is 2. The number of carbonyl (C=O) groups is 2. The zero-order valence-electron chi connectivity index (χ0n) is 9.63. The van der Waals surface area contributed by atoms with Crippen LogP contribution in [0.15, 0.2) is 0 Å². The summed E-state index contributed by atoms with van der Waals surface area (Å²) in [5.74, 6) is -2.15. The maximum atomic E-state index is 9.64. The number of aliphatic carboxylic acids is 2. The van der Waals surface area contributed by atoms with Gasteiger partial charge in [0, 0.05) is 0 Å². The van der Waals surface area contributed by atoms with E-state index in [1.807, 2.05) is 0 Å². The maximum absolute atomic E-state index is 9.64. The van der Waals surface area contributed by atoms with Crippen molar-refractivity contribution in [3.8, 4) is 0 Å². The summed E-state index contributed by atoms with van der Waals surface area (Å²) in [6, 6.07) is 0. The first-order chi connectivity index (χ1) is 3.63. The van der Waals surface area contributed by atoms with Gasteiger partial charge < -0.3 is 50.0 Å². The van der Waals surface area contributed by atoms with Crippen molar-refractivity contribution >= 4 is 11.9 Å². The molecule has 0 aromatic rings. The fraction of sp³-hybridized carbons (Fsp3) is 0.500. The van der Waals surface area contributed by atoms with E-state index in [1.54, 1.807) is 0 Å². The first-order valence-corrected chi connectivity index (χ1v) is 2.06. The van der Waals surface area contributed by atoms with Crippen molar-refractivity contribution in [1.82, 2.24) is 0 Å². The van der Waals surface area contributed by atoms with Crippen LogP contribution in [0.5, 0.6) is 0 Å². The molecule has 16 heavy (non-hydrogen) atoms. The molecule has 0 aromatic carbocycles. The molecule has 0 aliphatic heterocycles. The van der Waals surface area contributed by atoms with Gasteiger partial charge in [-0.3, -0.25) is 9.59 Å². The van der Waals surface area contributed by atoms with Crippen LogP contribution in [0.4, 0.5) is 0 Å². The van der Waals surface area contributed by atoms with Crippen LogP contribution in [0.1, 0.15) is 14.3 Å². The molecule has 0 rings (SSSR count). The number of carboxylic acid groups (broad SMARTS) is 2. The van der Waals surface area contributed by atoms with E-state index in [0.717, 1.165) is 0 Å². The molecule has 0 unspecified atom stereocenters. The molecular formula is C4H21NaO11. The first-order valence-electron chi connectivity index (χ1n) is 2.06. The Bertz CT molecular complexity index is 108. The van der Waals surface area contributed by atoms with Gasteiger partial charge in [-0.05, 0) is 0 Å². The minimum absolute atomic E-state index is 0. The first kappa shape index (κ1) is 75.9. The minimum Gasteiger partial charge on any atom is -1.00 e. The molecular weight excluding hydrogens is 247 g/mol. The summed E-state index contributed by atoms with van der Waals surface area (Å²) < 4.78 is 0. The Morgan fingerprint density at radius 3 is 0.875 bits per heavy atom. The normalized spacial score (nSPS) is 4.25. The predicted octanol–water partition coefficient (Wildman–Crippen LogP) is -8.72. The van der Waals surface area contributed by atoms with Crippen LogP contribution in [-0.2, 0) is 9.59 Å². The monoisotopic (exact) mass is 268 g/mol. The van der Waals surface area contributed by atoms with E-state index >= 15 is 0 Å². The molecule has 0 saturated carbocycles. The molecule has 0 aromatic heterocycles. The van der Waals surface area contributed by atoms with Gasteiger partial charge in [-0.25, -0.2) is 0 Å². The van der Waals surface area contributed by atoms with Crippen LogP contribution in [0.3, 0.4) is 0 Å². The van der Waals surface area contributed by atoms with Gasteiger partial charge in [0.05, 0.1) is 12.8 Å². The van der Waals surface area contributed by atoms with Gasteiger partial charge in [-0.1, -0.05) is 0 Å². The third-order valence-electron chi connectivity index (χ3n) is 0.553. The zero-order valence-corrected chi connectivity index (χ0v) is 10.6. The molecule has 0 radical (unpaired) electrons. The van der Waals surface area contributed by atoms with Gasteiger partial charge in [-0.15, -0.1) is 0 Å². The molecule has 0 aliphatic carbocycles. The van der Waals surface area contributed by atoms with Gasteiger partial charge in [0.2, 0.25) is 0 Å². The fourth-order valence-corrected chi connectivity index (χ4v) is 0.214. The van der Waals surface area contributed by atoms with Crippen LogP contribution < -0.4 is 29.6 Å². The van der Waals surface area contributed by atoms with Gasteiger partial charge >= 0.3 is 41.5 Å². The number of rotatable bonds is 3. The molecule has 0 fully saturated rings. The minimum atomic E-state index is -1.08. The Labute approximate surface area is 114 Å². The van der Waals surface area contributed by atoms with Crippen molar-refractivity contribution in [2.45, 2.75) is 12.8 Å². The van der Waals surface area contributed by atoms with Crippen LogP contribution in [0, 0.1) is 0 Å².